The fourth-order valence-electron chi connectivity index (χ4n) is 2.28. The molecule has 0 aliphatic heterocycles. The van der Waals surface area contributed by atoms with Crippen molar-refractivity contribution in [1.29, 1.82) is 0 Å². The maximum Gasteiger partial charge on any atom is 0.130 e. The molecule has 0 heterocycles. The van der Waals surface area contributed by atoms with Gasteiger partial charge in [-0.1, -0.05) is 38.1 Å². The minimum absolute atomic E-state index is 0.490. The summed E-state index contributed by atoms with van der Waals surface area (Å²) in [5, 5.41) is 2.20. The van der Waals surface area contributed by atoms with Crippen LogP contribution < -0.4 is 9.47 Å². The molecular formula is C17H21ClO2. The summed E-state index contributed by atoms with van der Waals surface area (Å²) in [5.74, 6) is 2.37. The first-order valence-corrected chi connectivity index (χ1v) is 7.71. The molecule has 0 atom stereocenters. The van der Waals surface area contributed by atoms with Crippen LogP contribution in [0.3, 0.4) is 0 Å². The third-order valence-corrected chi connectivity index (χ3v) is 3.35. The van der Waals surface area contributed by atoms with E-state index in [0.717, 1.165) is 41.7 Å². The molecule has 2 aromatic carbocycles. The number of benzene rings is 2. The van der Waals surface area contributed by atoms with Crippen LogP contribution in [0.4, 0.5) is 0 Å². The Hall–Kier alpha value is -1.41. The molecule has 0 saturated carbocycles. The minimum Gasteiger partial charge on any atom is -0.493 e. The summed E-state index contributed by atoms with van der Waals surface area (Å²) in [5.41, 5.74) is 1.18. The molecule has 3 heteroatoms. The van der Waals surface area contributed by atoms with Crippen LogP contribution in [0.5, 0.6) is 11.5 Å². The van der Waals surface area contributed by atoms with Gasteiger partial charge in [0.2, 0.25) is 0 Å². The highest BCUT2D eigenvalue weighted by molar-refractivity contribution is 6.18. The van der Waals surface area contributed by atoms with Gasteiger partial charge in [0.15, 0.2) is 0 Å². The molecule has 0 aliphatic carbocycles. The van der Waals surface area contributed by atoms with E-state index < -0.39 is 0 Å². The van der Waals surface area contributed by atoms with Crippen LogP contribution in [0.1, 0.15) is 25.8 Å². The van der Waals surface area contributed by atoms with Crippen molar-refractivity contribution in [1.82, 2.24) is 0 Å². The molecule has 0 aliphatic rings. The van der Waals surface area contributed by atoms with Gasteiger partial charge < -0.3 is 9.47 Å². The van der Waals surface area contributed by atoms with Gasteiger partial charge >= 0.3 is 0 Å². The number of aryl methyl sites for hydroxylation is 1. The molecule has 108 valence electrons. The zero-order valence-electron chi connectivity index (χ0n) is 12.1. The van der Waals surface area contributed by atoms with Crippen molar-refractivity contribution >= 4 is 22.4 Å². The monoisotopic (exact) mass is 292 g/mol. The first kappa shape index (κ1) is 15.0. The van der Waals surface area contributed by atoms with Crippen molar-refractivity contribution in [2.45, 2.75) is 26.7 Å². The second-order valence-electron chi connectivity index (χ2n) is 4.65. The molecule has 0 amide bonds. The Balaban J connectivity index is 2.54. The predicted octanol–water partition coefficient (Wildman–Crippen LogP) is 4.81. The van der Waals surface area contributed by atoms with Crippen LogP contribution in [0.15, 0.2) is 30.3 Å². The second-order valence-corrected chi connectivity index (χ2v) is 5.03. The van der Waals surface area contributed by atoms with Crippen molar-refractivity contribution in [3.8, 4) is 11.5 Å². The molecule has 0 bridgehead atoms. The summed E-state index contributed by atoms with van der Waals surface area (Å²) in [7, 11) is 0. The van der Waals surface area contributed by atoms with Crippen LogP contribution in [-0.2, 0) is 6.42 Å². The van der Waals surface area contributed by atoms with Gasteiger partial charge in [0, 0.05) is 10.8 Å². The Kier molecular flexibility index (Phi) is 5.54. The Labute approximate surface area is 125 Å². The summed E-state index contributed by atoms with van der Waals surface area (Å²) in [4.78, 5) is 0. The summed E-state index contributed by atoms with van der Waals surface area (Å²) in [6.07, 6.45) is 1.92. The van der Waals surface area contributed by atoms with Crippen molar-refractivity contribution in [3.05, 3.63) is 35.9 Å². The minimum atomic E-state index is 0.490. The number of hydrogen-bond donors (Lipinski definition) is 0. The molecule has 0 spiro atoms. The highest BCUT2D eigenvalue weighted by Gasteiger charge is 2.13. The van der Waals surface area contributed by atoms with Crippen LogP contribution >= 0.6 is 11.6 Å². The van der Waals surface area contributed by atoms with Crippen LogP contribution in [0.25, 0.3) is 10.8 Å². The highest BCUT2D eigenvalue weighted by atomic mass is 35.5. The summed E-state index contributed by atoms with van der Waals surface area (Å²) in [6, 6.07) is 10.3. The van der Waals surface area contributed by atoms with Gasteiger partial charge in [-0.25, -0.2) is 0 Å². The lowest BCUT2D eigenvalue weighted by molar-refractivity contribution is 0.316. The van der Waals surface area contributed by atoms with Crippen molar-refractivity contribution < 1.29 is 9.47 Å². The lowest BCUT2D eigenvalue weighted by Gasteiger charge is -2.16. The van der Waals surface area contributed by atoms with Gasteiger partial charge in [0.05, 0.1) is 12.5 Å². The molecule has 2 rings (SSSR count). The first-order chi connectivity index (χ1) is 9.81. The van der Waals surface area contributed by atoms with Crippen molar-refractivity contribution in [2.24, 2.45) is 0 Å². The van der Waals surface area contributed by atoms with E-state index in [9.17, 15) is 0 Å². The normalized spacial score (nSPS) is 10.8. The lowest BCUT2D eigenvalue weighted by atomic mass is 10.0. The van der Waals surface area contributed by atoms with E-state index in [1.807, 2.05) is 12.1 Å². The van der Waals surface area contributed by atoms with E-state index >= 15 is 0 Å². The van der Waals surface area contributed by atoms with E-state index in [0.29, 0.717) is 12.5 Å². The maximum atomic E-state index is 5.97. The number of hydrogen-bond acceptors (Lipinski definition) is 2. The third-order valence-electron chi connectivity index (χ3n) is 3.20. The number of fused-ring (bicyclic) bond motifs is 1. The van der Waals surface area contributed by atoms with E-state index in [1.54, 1.807) is 0 Å². The molecule has 0 saturated heterocycles. The maximum absolute atomic E-state index is 5.97. The smallest absolute Gasteiger partial charge is 0.130 e. The average molecular weight is 293 g/mol. The van der Waals surface area contributed by atoms with E-state index in [-0.39, 0.29) is 0 Å². The van der Waals surface area contributed by atoms with Gasteiger partial charge in [0.1, 0.15) is 18.1 Å². The average Bonchev–Trinajstić information content (AvgIpc) is 2.50. The SMILES string of the molecule is CCCOc1c(CC)cc(OCCCl)c2ccccc12. The van der Waals surface area contributed by atoms with Crippen LogP contribution in [-0.4, -0.2) is 19.1 Å². The van der Waals surface area contributed by atoms with E-state index in [2.05, 4.69) is 32.0 Å². The number of ether oxygens (including phenoxy) is 2. The summed E-state index contributed by atoms with van der Waals surface area (Å²) < 4.78 is 11.8. The van der Waals surface area contributed by atoms with Gasteiger partial charge in [0.25, 0.3) is 0 Å². The molecular weight excluding hydrogens is 272 g/mol. The molecule has 2 nitrogen and oxygen atoms in total. The number of alkyl halides is 1. The fourth-order valence-corrected chi connectivity index (χ4v) is 2.35. The Morgan fingerprint density at radius 3 is 2.40 bits per heavy atom. The van der Waals surface area contributed by atoms with Crippen LogP contribution in [0, 0.1) is 0 Å². The topological polar surface area (TPSA) is 18.5 Å². The molecule has 0 aromatic heterocycles. The number of rotatable bonds is 7. The van der Waals surface area contributed by atoms with E-state index in [4.69, 9.17) is 21.1 Å². The van der Waals surface area contributed by atoms with Gasteiger partial charge in [-0.05, 0) is 24.5 Å². The molecule has 0 radical (unpaired) electrons. The predicted molar refractivity (Wildman–Crippen MR) is 85.3 cm³/mol. The van der Waals surface area contributed by atoms with Gasteiger partial charge in [-0.3, -0.25) is 0 Å². The Morgan fingerprint density at radius 2 is 1.75 bits per heavy atom. The van der Waals surface area contributed by atoms with Gasteiger partial charge in [-0.15, -0.1) is 11.6 Å². The zero-order valence-corrected chi connectivity index (χ0v) is 12.9. The summed E-state index contributed by atoms with van der Waals surface area (Å²) >= 11 is 5.73. The molecule has 20 heavy (non-hydrogen) atoms. The van der Waals surface area contributed by atoms with E-state index in [1.165, 1.54) is 5.56 Å². The largest absolute Gasteiger partial charge is 0.493 e. The molecule has 2 aromatic rings. The zero-order chi connectivity index (χ0) is 14.4. The summed E-state index contributed by atoms with van der Waals surface area (Å²) in [6.45, 7) is 5.50. The third kappa shape index (κ3) is 3.18. The first-order valence-electron chi connectivity index (χ1n) is 7.18. The Bertz CT molecular complexity index is 566. The van der Waals surface area contributed by atoms with Gasteiger partial charge in [-0.2, -0.15) is 0 Å². The fraction of sp³-hybridized carbons (Fsp3) is 0.412. The molecule has 0 unspecified atom stereocenters. The quantitative estimate of drug-likeness (QED) is 0.682. The molecule has 0 fully saturated rings. The highest BCUT2D eigenvalue weighted by Crippen LogP contribution is 2.37. The van der Waals surface area contributed by atoms with Crippen LogP contribution in [0.2, 0.25) is 0 Å². The Morgan fingerprint density at radius 1 is 1.00 bits per heavy atom. The van der Waals surface area contributed by atoms with Crippen molar-refractivity contribution in [2.75, 3.05) is 19.1 Å². The standard InChI is InChI=1S/C17H21ClO2/c1-3-10-20-17-13(4-2)12-16(19-11-9-18)14-7-5-6-8-15(14)17/h5-8,12H,3-4,9-11H2,1-2H3. The second kappa shape index (κ2) is 7.39. The lowest BCUT2D eigenvalue weighted by Crippen LogP contribution is -2.03. The molecule has 0 N–H and O–H groups in total. The number of halogens is 1. The van der Waals surface area contributed by atoms with Crippen molar-refractivity contribution in [3.63, 3.8) is 0 Å².